The summed E-state index contributed by atoms with van der Waals surface area (Å²) in [7, 11) is 0. The minimum Gasteiger partial charge on any atom is -0.297 e. The van der Waals surface area contributed by atoms with E-state index in [4.69, 9.17) is 11.6 Å². The van der Waals surface area contributed by atoms with Gasteiger partial charge in [0, 0.05) is 27.3 Å². The fraction of sp³-hybridized carbons (Fsp3) is 0.174. The molecule has 0 unspecified atom stereocenters. The molecule has 1 atom stereocenters. The SMILES string of the molecule is Cc1cccc(-n2c(SCC(=O)[C@H](C#N)c3nc(C)cs3)nnc2-c2ccc(Cl)cc2)c1. The number of hydrogen-bond donors (Lipinski definition) is 0. The Morgan fingerprint density at radius 1 is 1.22 bits per heavy atom. The highest BCUT2D eigenvalue weighted by Gasteiger charge is 2.25. The van der Waals surface area contributed by atoms with Gasteiger partial charge in [0.25, 0.3) is 0 Å². The second-order valence-corrected chi connectivity index (χ2v) is 9.40. The van der Waals surface area contributed by atoms with E-state index in [9.17, 15) is 10.1 Å². The number of thiazole rings is 1. The largest absolute Gasteiger partial charge is 0.297 e. The van der Waals surface area contributed by atoms with E-state index in [-0.39, 0.29) is 11.5 Å². The molecule has 32 heavy (non-hydrogen) atoms. The molecular formula is C23H18ClN5OS2. The number of carbonyl (C=O) groups is 1. The Morgan fingerprint density at radius 2 is 2.00 bits per heavy atom. The lowest BCUT2D eigenvalue weighted by atomic mass is 10.1. The number of hydrogen-bond acceptors (Lipinski definition) is 7. The van der Waals surface area contributed by atoms with E-state index in [1.165, 1.54) is 23.1 Å². The minimum absolute atomic E-state index is 0.0847. The summed E-state index contributed by atoms with van der Waals surface area (Å²) >= 11 is 8.63. The molecule has 0 aliphatic rings. The predicted molar refractivity (Wildman–Crippen MR) is 127 cm³/mol. The predicted octanol–water partition coefficient (Wildman–Crippen LogP) is 5.63. The maximum Gasteiger partial charge on any atom is 0.196 e. The number of rotatable bonds is 7. The molecule has 0 amide bonds. The van der Waals surface area contributed by atoms with Crippen molar-refractivity contribution >= 4 is 40.5 Å². The van der Waals surface area contributed by atoms with Gasteiger partial charge in [0.15, 0.2) is 22.7 Å². The summed E-state index contributed by atoms with van der Waals surface area (Å²) in [5.41, 5.74) is 3.64. The van der Waals surface area contributed by atoms with Crippen molar-refractivity contribution < 1.29 is 4.79 Å². The van der Waals surface area contributed by atoms with Crippen molar-refractivity contribution in [3.63, 3.8) is 0 Å². The van der Waals surface area contributed by atoms with Gasteiger partial charge in [-0.15, -0.1) is 21.5 Å². The third-order valence-electron chi connectivity index (χ3n) is 4.67. The Balaban J connectivity index is 1.66. The van der Waals surface area contributed by atoms with Crippen molar-refractivity contribution in [2.24, 2.45) is 0 Å². The van der Waals surface area contributed by atoms with Crippen LogP contribution in [0.5, 0.6) is 0 Å². The van der Waals surface area contributed by atoms with Gasteiger partial charge >= 0.3 is 0 Å². The molecule has 2 heterocycles. The van der Waals surface area contributed by atoms with Crippen LogP contribution in [0.2, 0.25) is 5.02 Å². The van der Waals surface area contributed by atoms with Crippen molar-refractivity contribution in [2.75, 3.05) is 5.75 Å². The van der Waals surface area contributed by atoms with Crippen LogP contribution in [0.4, 0.5) is 0 Å². The molecule has 4 aromatic rings. The van der Waals surface area contributed by atoms with Gasteiger partial charge in [0.1, 0.15) is 5.01 Å². The van der Waals surface area contributed by atoms with Gasteiger partial charge in [-0.05, 0) is 55.8 Å². The van der Waals surface area contributed by atoms with Crippen LogP contribution in [-0.4, -0.2) is 31.3 Å². The first-order valence-corrected chi connectivity index (χ1v) is 12.0. The van der Waals surface area contributed by atoms with E-state index < -0.39 is 5.92 Å². The van der Waals surface area contributed by atoms with E-state index in [1.54, 1.807) is 12.1 Å². The van der Waals surface area contributed by atoms with Gasteiger partial charge in [0.2, 0.25) is 0 Å². The van der Waals surface area contributed by atoms with Crippen LogP contribution in [0.3, 0.4) is 0 Å². The highest BCUT2D eigenvalue weighted by Crippen LogP contribution is 2.30. The van der Waals surface area contributed by atoms with E-state index in [0.29, 0.717) is 21.0 Å². The molecule has 0 aliphatic heterocycles. The highest BCUT2D eigenvalue weighted by molar-refractivity contribution is 7.99. The molecule has 6 nitrogen and oxygen atoms in total. The fourth-order valence-electron chi connectivity index (χ4n) is 3.14. The fourth-order valence-corrected chi connectivity index (χ4v) is 4.98. The average molecular weight is 480 g/mol. The van der Waals surface area contributed by atoms with Crippen LogP contribution in [0, 0.1) is 25.2 Å². The van der Waals surface area contributed by atoms with Crippen molar-refractivity contribution in [2.45, 2.75) is 24.9 Å². The Labute approximate surface area is 198 Å². The maximum atomic E-state index is 12.8. The highest BCUT2D eigenvalue weighted by atomic mass is 35.5. The van der Waals surface area contributed by atoms with Crippen molar-refractivity contribution in [3.05, 3.63) is 75.2 Å². The molecule has 0 spiro atoms. The number of benzene rings is 2. The molecule has 0 radical (unpaired) electrons. The second-order valence-electron chi connectivity index (χ2n) is 7.13. The Kier molecular flexibility index (Phi) is 6.70. The molecular weight excluding hydrogens is 462 g/mol. The van der Waals surface area contributed by atoms with Crippen LogP contribution in [0.1, 0.15) is 22.2 Å². The number of ketones is 1. The first-order chi connectivity index (χ1) is 15.5. The van der Waals surface area contributed by atoms with Crippen LogP contribution in [0.15, 0.2) is 59.1 Å². The summed E-state index contributed by atoms with van der Waals surface area (Å²) in [5, 5.41) is 21.8. The van der Waals surface area contributed by atoms with Crippen LogP contribution >= 0.6 is 34.7 Å². The van der Waals surface area contributed by atoms with E-state index in [1.807, 2.05) is 60.2 Å². The van der Waals surface area contributed by atoms with Gasteiger partial charge in [-0.3, -0.25) is 9.36 Å². The standard InChI is InChI=1S/C23H18ClN5OS2/c1-14-4-3-5-18(10-14)29-21(16-6-8-17(24)9-7-16)27-28-23(29)32-13-20(30)19(11-25)22-26-15(2)12-31-22/h3-10,12,19H,13H2,1-2H3/t19-/m0/s1. The number of aromatic nitrogens is 4. The number of nitrogens with zero attached hydrogens (tertiary/aromatic N) is 5. The Morgan fingerprint density at radius 3 is 2.66 bits per heavy atom. The third kappa shape index (κ3) is 4.75. The molecule has 9 heteroatoms. The van der Waals surface area contributed by atoms with E-state index in [2.05, 4.69) is 21.3 Å². The minimum atomic E-state index is -0.882. The van der Waals surface area contributed by atoms with Gasteiger partial charge in [-0.2, -0.15) is 5.26 Å². The lowest BCUT2D eigenvalue weighted by molar-refractivity contribution is -0.116. The summed E-state index contributed by atoms with van der Waals surface area (Å²) < 4.78 is 1.92. The first-order valence-electron chi connectivity index (χ1n) is 9.72. The number of aryl methyl sites for hydroxylation is 2. The normalized spacial score (nSPS) is 11.8. The van der Waals surface area contributed by atoms with Gasteiger partial charge < -0.3 is 0 Å². The zero-order valence-corrected chi connectivity index (χ0v) is 19.7. The number of carbonyl (C=O) groups excluding carboxylic acids is 1. The monoisotopic (exact) mass is 479 g/mol. The molecule has 4 rings (SSSR count). The summed E-state index contributed by atoms with van der Waals surface area (Å²) in [5.74, 6) is -0.359. The molecule has 0 saturated carbocycles. The number of Topliss-reactive ketones (excluding diaryl/α,β-unsaturated/α-hetero) is 1. The number of halogens is 1. The molecule has 0 N–H and O–H groups in total. The number of thioether (sulfide) groups is 1. The molecule has 2 aromatic carbocycles. The lowest BCUT2D eigenvalue weighted by Crippen LogP contribution is -2.13. The summed E-state index contributed by atoms with van der Waals surface area (Å²) in [4.78, 5) is 17.1. The molecule has 0 aliphatic carbocycles. The van der Waals surface area contributed by atoms with Gasteiger partial charge in [-0.1, -0.05) is 35.5 Å². The van der Waals surface area contributed by atoms with E-state index in [0.717, 1.165) is 22.5 Å². The summed E-state index contributed by atoms with van der Waals surface area (Å²) in [6.07, 6.45) is 0. The van der Waals surface area contributed by atoms with Crippen LogP contribution < -0.4 is 0 Å². The Bertz CT molecular complexity index is 1310. The molecule has 160 valence electrons. The maximum absolute atomic E-state index is 12.8. The van der Waals surface area contributed by atoms with Crippen molar-refractivity contribution in [3.8, 4) is 23.1 Å². The van der Waals surface area contributed by atoms with Crippen molar-refractivity contribution in [1.29, 1.82) is 5.26 Å². The molecule has 0 saturated heterocycles. The zero-order chi connectivity index (χ0) is 22.7. The zero-order valence-electron chi connectivity index (χ0n) is 17.3. The Hall–Kier alpha value is -2.99. The van der Waals surface area contributed by atoms with Crippen LogP contribution in [0.25, 0.3) is 17.1 Å². The van der Waals surface area contributed by atoms with Crippen molar-refractivity contribution in [1.82, 2.24) is 19.7 Å². The molecule has 0 fully saturated rings. The first kappa shape index (κ1) is 22.2. The van der Waals surface area contributed by atoms with E-state index >= 15 is 0 Å². The lowest BCUT2D eigenvalue weighted by Gasteiger charge is -2.11. The topological polar surface area (TPSA) is 84.5 Å². The quantitative estimate of drug-likeness (QED) is 0.319. The number of nitriles is 1. The van der Waals surface area contributed by atoms with Crippen LogP contribution in [-0.2, 0) is 4.79 Å². The smallest absolute Gasteiger partial charge is 0.196 e. The third-order valence-corrected chi connectivity index (χ3v) is 6.90. The molecule has 0 bridgehead atoms. The van der Waals surface area contributed by atoms with Gasteiger partial charge in [0.05, 0.1) is 11.8 Å². The average Bonchev–Trinajstić information content (AvgIpc) is 3.40. The summed E-state index contributed by atoms with van der Waals surface area (Å²) in [6.45, 7) is 3.86. The summed E-state index contributed by atoms with van der Waals surface area (Å²) in [6, 6.07) is 17.4. The van der Waals surface area contributed by atoms with Gasteiger partial charge in [-0.25, -0.2) is 4.98 Å². The second kappa shape index (κ2) is 9.65. The molecule has 2 aromatic heterocycles.